The van der Waals surface area contributed by atoms with Crippen LogP contribution in [0.4, 0.5) is 0 Å². The van der Waals surface area contributed by atoms with Gasteiger partial charge in [0.2, 0.25) is 0 Å². The van der Waals surface area contributed by atoms with E-state index < -0.39 is 0 Å². The molecular weight excluding hydrogens is 364 g/mol. The lowest BCUT2D eigenvalue weighted by atomic mass is 9.99. The zero-order valence-electron chi connectivity index (χ0n) is 16.8. The molecule has 3 aromatic rings. The summed E-state index contributed by atoms with van der Waals surface area (Å²) >= 11 is 0. The van der Waals surface area contributed by atoms with Gasteiger partial charge in [-0.3, -0.25) is 4.98 Å². The third-order valence-corrected chi connectivity index (χ3v) is 5.56. The molecular formula is C24H28N2O3. The molecule has 5 heteroatoms. The summed E-state index contributed by atoms with van der Waals surface area (Å²) in [6.45, 7) is 3.21. The third-order valence-electron chi connectivity index (χ3n) is 5.56. The van der Waals surface area contributed by atoms with Crippen LogP contribution in [-0.2, 0) is 6.42 Å². The summed E-state index contributed by atoms with van der Waals surface area (Å²) in [5, 5.41) is 11.7. The highest BCUT2D eigenvalue weighted by Gasteiger charge is 2.31. The van der Waals surface area contributed by atoms with E-state index in [1.165, 1.54) is 0 Å². The number of hydrogen-bond acceptors (Lipinski definition) is 5. The number of rotatable bonds is 8. The number of aromatic nitrogens is 1. The minimum Gasteiger partial charge on any atom is -0.497 e. The van der Waals surface area contributed by atoms with E-state index >= 15 is 0 Å². The number of methoxy groups -OCH3 is 1. The van der Waals surface area contributed by atoms with E-state index in [0.29, 0.717) is 6.61 Å². The Balaban J connectivity index is 1.23. The van der Waals surface area contributed by atoms with Gasteiger partial charge in [-0.2, -0.15) is 0 Å². The number of ether oxygens (including phenoxy) is 2. The molecule has 0 aliphatic carbocycles. The van der Waals surface area contributed by atoms with Crippen molar-refractivity contribution in [3.63, 3.8) is 0 Å². The van der Waals surface area contributed by atoms with Gasteiger partial charge in [0.05, 0.1) is 25.3 Å². The van der Waals surface area contributed by atoms with Crippen LogP contribution in [0.3, 0.4) is 0 Å². The first kappa shape index (κ1) is 19.7. The lowest BCUT2D eigenvalue weighted by Crippen LogP contribution is -2.24. The van der Waals surface area contributed by atoms with E-state index in [1.807, 2.05) is 42.5 Å². The number of hydrogen-bond donors (Lipinski definition) is 1. The Bertz CT molecular complexity index is 929. The van der Waals surface area contributed by atoms with Crippen molar-refractivity contribution >= 4 is 10.9 Å². The number of para-hydroxylation sites is 1. The quantitative estimate of drug-likeness (QED) is 0.594. The summed E-state index contributed by atoms with van der Waals surface area (Å²) < 4.78 is 11.0. The monoisotopic (exact) mass is 392 g/mol. The summed E-state index contributed by atoms with van der Waals surface area (Å²) in [4.78, 5) is 7.09. The number of β-amino-alcohol motifs (C(OH)–C–C–N with tert-alkyl or cyclic N) is 1. The summed E-state index contributed by atoms with van der Waals surface area (Å²) in [5.74, 6) is 1.91. The van der Waals surface area contributed by atoms with E-state index in [1.54, 1.807) is 7.11 Å². The fraction of sp³-hybridized carbons (Fsp3) is 0.375. The predicted octanol–water partition coefficient (Wildman–Crippen LogP) is 3.55. The number of nitrogens with zero attached hydrogens (tertiary/aromatic N) is 2. The number of aliphatic hydroxyl groups is 1. The molecule has 2 atom stereocenters. The Hall–Kier alpha value is -2.63. The SMILES string of the molecule is COc1ccc(OCCCN2C[C@@H](Cc3ccc4ccccc4n3)[C@H](O)C2)cc1. The molecule has 0 saturated carbocycles. The lowest BCUT2D eigenvalue weighted by Gasteiger charge is -2.16. The Morgan fingerprint density at radius 1 is 1.00 bits per heavy atom. The molecule has 1 aliphatic rings. The number of fused-ring (bicyclic) bond motifs is 1. The summed E-state index contributed by atoms with van der Waals surface area (Å²) in [6.07, 6.45) is 1.44. The third kappa shape index (κ3) is 5.05. The minimum absolute atomic E-state index is 0.228. The van der Waals surface area contributed by atoms with Crippen molar-refractivity contribution in [2.45, 2.75) is 18.9 Å². The molecule has 0 radical (unpaired) electrons. The van der Waals surface area contributed by atoms with Gasteiger partial charge in [0.1, 0.15) is 11.5 Å². The molecule has 4 rings (SSSR count). The maximum atomic E-state index is 10.5. The number of likely N-dealkylation sites (tertiary alicyclic amines) is 1. The van der Waals surface area contributed by atoms with E-state index in [0.717, 1.165) is 60.6 Å². The van der Waals surface area contributed by atoms with E-state index in [2.05, 4.69) is 23.1 Å². The van der Waals surface area contributed by atoms with E-state index in [9.17, 15) is 5.11 Å². The van der Waals surface area contributed by atoms with Crippen molar-refractivity contribution in [1.29, 1.82) is 0 Å². The molecule has 1 aromatic heterocycles. The Morgan fingerprint density at radius 3 is 2.62 bits per heavy atom. The lowest BCUT2D eigenvalue weighted by molar-refractivity contribution is 0.140. The number of benzene rings is 2. The normalized spacial score (nSPS) is 19.5. The number of pyridine rings is 1. The van der Waals surface area contributed by atoms with Gasteiger partial charge in [0.15, 0.2) is 0 Å². The highest BCUT2D eigenvalue weighted by Crippen LogP contribution is 2.23. The zero-order valence-corrected chi connectivity index (χ0v) is 16.8. The van der Waals surface area contributed by atoms with Crippen LogP contribution in [0.25, 0.3) is 10.9 Å². The van der Waals surface area contributed by atoms with Crippen molar-refractivity contribution in [2.24, 2.45) is 5.92 Å². The highest BCUT2D eigenvalue weighted by molar-refractivity contribution is 5.78. The van der Waals surface area contributed by atoms with E-state index in [-0.39, 0.29) is 12.0 Å². The second kappa shape index (κ2) is 9.25. The molecule has 1 saturated heterocycles. The first-order valence-corrected chi connectivity index (χ1v) is 10.2. The minimum atomic E-state index is -0.300. The largest absolute Gasteiger partial charge is 0.497 e. The molecule has 152 valence electrons. The van der Waals surface area contributed by atoms with Gasteiger partial charge >= 0.3 is 0 Å². The molecule has 0 unspecified atom stereocenters. The topological polar surface area (TPSA) is 54.8 Å². The van der Waals surface area contributed by atoms with Gasteiger partial charge < -0.3 is 19.5 Å². The van der Waals surface area contributed by atoms with Crippen LogP contribution in [0, 0.1) is 5.92 Å². The van der Waals surface area contributed by atoms with Crippen molar-refractivity contribution in [3.05, 3.63) is 66.4 Å². The predicted molar refractivity (Wildman–Crippen MR) is 114 cm³/mol. The van der Waals surface area contributed by atoms with Crippen molar-refractivity contribution < 1.29 is 14.6 Å². The summed E-state index contributed by atoms with van der Waals surface area (Å²) in [6, 6.07) is 20.0. The fourth-order valence-electron chi connectivity index (χ4n) is 3.97. The van der Waals surface area contributed by atoms with Crippen molar-refractivity contribution in [2.75, 3.05) is 33.4 Å². The molecule has 5 nitrogen and oxygen atoms in total. The maximum absolute atomic E-state index is 10.5. The average Bonchev–Trinajstić information content (AvgIpc) is 3.10. The van der Waals surface area contributed by atoms with Gasteiger partial charge in [0.25, 0.3) is 0 Å². The molecule has 0 spiro atoms. The standard InChI is InChI=1S/C24H28N2O3/c1-28-21-9-11-22(12-10-21)29-14-4-13-26-16-19(24(27)17-26)15-20-8-7-18-5-2-3-6-23(18)25-20/h2-3,5-12,19,24,27H,4,13-17H2,1H3/t19-,24-/m1/s1. The molecule has 0 bridgehead atoms. The van der Waals surface area contributed by atoms with Gasteiger partial charge in [0, 0.05) is 36.6 Å². The van der Waals surface area contributed by atoms with Gasteiger partial charge in [-0.25, -0.2) is 0 Å². The Labute approximate surface area is 171 Å². The van der Waals surface area contributed by atoms with E-state index in [4.69, 9.17) is 14.5 Å². The second-order valence-electron chi connectivity index (χ2n) is 7.66. The van der Waals surface area contributed by atoms with Crippen molar-refractivity contribution in [1.82, 2.24) is 9.88 Å². The molecule has 0 amide bonds. The first-order valence-electron chi connectivity index (χ1n) is 10.2. The fourth-order valence-corrected chi connectivity index (χ4v) is 3.97. The van der Waals surface area contributed by atoms with Crippen LogP contribution in [-0.4, -0.2) is 54.4 Å². The summed E-state index contributed by atoms with van der Waals surface area (Å²) in [5.41, 5.74) is 2.07. The van der Waals surface area contributed by atoms with Gasteiger partial charge in [-0.05, 0) is 49.2 Å². The molecule has 1 aliphatic heterocycles. The Morgan fingerprint density at radius 2 is 1.79 bits per heavy atom. The van der Waals surface area contributed by atoms with Crippen LogP contribution in [0.15, 0.2) is 60.7 Å². The maximum Gasteiger partial charge on any atom is 0.119 e. The molecule has 29 heavy (non-hydrogen) atoms. The highest BCUT2D eigenvalue weighted by atomic mass is 16.5. The van der Waals surface area contributed by atoms with Crippen LogP contribution < -0.4 is 9.47 Å². The molecule has 2 aromatic carbocycles. The van der Waals surface area contributed by atoms with Gasteiger partial charge in [-0.15, -0.1) is 0 Å². The van der Waals surface area contributed by atoms with Crippen molar-refractivity contribution in [3.8, 4) is 11.5 Å². The van der Waals surface area contributed by atoms with Crippen LogP contribution in [0.2, 0.25) is 0 Å². The molecule has 1 N–H and O–H groups in total. The molecule has 2 heterocycles. The average molecular weight is 392 g/mol. The number of aliphatic hydroxyl groups excluding tert-OH is 1. The Kier molecular flexibility index (Phi) is 6.27. The van der Waals surface area contributed by atoms with Crippen LogP contribution in [0.5, 0.6) is 11.5 Å². The second-order valence-corrected chi connectivity index (χ2v) is 7.66. The van der Waals surface area contributed by atoms with Crippen LogP contribution in [0.1, 0.15) is 12.1 Å². The molecule has 1 fully saturated rings. The van der Waals surface area contributed by atoms with Gasteiger partial charge in [-0.1, -0.05) is 24.3 Å². The smallest absolute Gasteiger partial charge is 0.119 e. The summed E-state index contributed by atoms with van der Waals surface area (Å²) in [7, 11) is 1.66. The van der Waals surface area contributed by atoms with Crippen LogP contribution >= 0.6 is 0 Å². The zero-order chi connectivity index (χ0) is 20.1. The first-order chi connectivity index (χ1) is 14.2.